The molecular formula is C16H12ClN3O5S2. The van der Waals surface area contributed by atoms with Crippen LogP contribution >= 0.6 is 34.3 Å². The number of thiophene rings is 1. The van der Waals surface area contributed by atoms with Gasteiger partial charge in [0.25, 0.3) is 11.6 Å². The number of fused-ring (bicyclic) bond motifs is 1. The number of benzene rings is 1. The van der Waals surface area contributed by atoms with Crippen molar-refractivity contribution in [3.05, 3.63) is 49.3 Å². The molecule has 0 saturated carbocycles. The number of nitrogens with one attached hydrogen (secondary N) is 1. The molecule has 0 radical (unpaired) electrons. The van der Waals surface area contributed by atoms with Crippen molar-refractivity contribution >= 4 is 66.5 Å². The maximum atomic E-state index is 12.5. The van der Waals surface area contributed by atoms with E-state index in [1.54, 1.807) is 13.8 Å². The molecule has 0 bridgehead atoms. The van der Waals surface area contributed by atoms with E-state index in [0.29, 0.717) is 9.71 Å². The van der Waals surface area contributed by atoms with Crippen molar-refractivity contribution in [1.82, 2.24) is 4.98 Å². The van der Waals surface area contributed by atoms with Crippen LogP contribution in [0.3, 0.4) is 0 Å². The zero-order chi connectivity index (χ0) is 19.7. The summed E-state index contributed by atoms with van der Waals surface area (Å²) >= 11 is 8.20. The van der Waals surface area contributed by atoms with E-state index in [0.717, 1.165) is 10.3 Å². The van der Waals surface area contributed by atoms with E-state index in [4.69, 9.17) is 16.3 Å². The molecule has 0 unspecified atom stereocenters. The van der Waals surface area contributed by atoms with Crippen LogP contribution in [0, 0.1) is 17.0 Å². The van der Waals surface area contributed by atoms with Gasteiger partial charge in [0.15, 0.2) is 5.13 Å². The Labute approximate surface area is 165 Å². The number of rotatable bonds is 5. The second-order valence-corrected chi connectivity index (χ2v) is 7.74. The third-order valence-corrected chi connectivity index (χ3v) is 6.18. The van der Waals surface area contributed by atoms with E-state index in [1.807, 2.05) is 0 Å². The molecule has 0 aliphatic heterocycles. The van der Waals surface area contributed by atoms with Gasteiger partial charge in [-0.15, -0.1) is 11.3 Å². The molecule has 0 aliphatic carbocycles. The van der Waals surface area contributed by atoms with Crippen LogP contribution in [0.5, 0.6) is 0 Å². The number of hydrogen-bond acceptors (Lipinski definition) is 8. The molecule has 0 atom stereocenters. The Kier molecular flexibility index (Phi) is 5.40. The van der Waals surface area contributed by atoms with Crippen LogP contribution in [0.15, 0.2) is 18.2 Å². The minimum Gasteiger partial charge on any atom is -0.462 e. The molecule has 2 aromatic heterocycles. The maximum absolute atomic E-state index is 12.5. The van der Waals surface area contributed by atoms with Crippen LogP contribution in [0.4, 0.5) is 10.8 Å². The molecule has 1 aromatic carbocycles. The van der Waals surface area contributed by atoms with Crippen molar-refractivity contribution in [3.63, 3.8) is 0 Å². The van der Waals surface area contributed by atoms with E-state index >= 15 is 0 Å². The predicted octanol–water partition coefficient (Wildman–Crippen LogP) is 4.66. The van der Waals surface area contributed by atoms with Gasteiger partial charge < -0.3 is 4.74 Å². The highest BCUT2D eigenvalue weighted by atomic mass is 35.5. The van der Waals surface area contributed by atoms with Crippen LogP contribution in [-0.4, -0.2) is 28.4 Å². The van der Waals surface area contributed by atoms with Gasteiger partial charge >= 0.3 is 5.97 Å². The van der Waals surface area contributed by atoms with Gasteiger partial charge in [0.2, 0.25) is 0 Å². The number of nitro benzene ring substituents is 1. The number of aromatic nitrogens is 1. The topological polar surface area (TPSA) is 111 Å². The van der Waals surface area contributed by atoms with E-state index < -0.39 is 16.8 Å². The van der Waals surface area contributed by atoms with Crippen molar-refractivity contribution < 1.29 is 19.2 Å². The van der Waals surface area contributed by atoms with Crippen molar-refractivity contribution in [2.24, 2.45) is 0 Å². The average Bonchev–Trinajstić information content (AvgIpc) is 3.13. The zero-order valence-corrected chi connectivity index (χ0v) is 16.5. The molecule has 1 amide bonds. The Morgan fingerprint density at radius 3 is 2.74 bits per heavy atom. The summed E-state index contributed by atoms with van der Waals surface area (Å²) in [5.74, 6) is -1.10. The fourth-order valence-electron chi connectivity index (χ4n) is 2.35. The van der Waals surface area contributed by atoms with E-state index in [2.05, 4.69) is 10.3 Å². The second-order valence-electron chi connectivity index (χ2n) is 5.30. The van der Waals surface area contributed by atoms with Crippen molar-refractivity contribution in [2.75, 3.05) is 11.9 Å². The number of halogens is 1. The number of carbonyl (C=O) groups excluding carboxylic acids is 2. The Hall–Kier alpha value is -2.56. The average molecular weight is 426 g/mol. The normalized spacial score (nSPS) is 10.8. The molecule has 3 rings (SSSR count). The third-order valence-electron chi connectivity index (χ3n) is 3.56. The summed E-state index contributed by atoms with van der Waals surface area (Å²) in [4.78, 5) is 40.2. The molecule has 8 nitrogen and oxygen atoms in total. The Morgan fingerprint density at radius 2 is 2.11 bits per heavy atom. The third kappa shape index (κ3) is 3.77. The first-order valence-corrected chi connectivity index (χ1v) is 9.65. The van der Waals surface area contributed by atoms with Gasteiger partial charge in [-0.3, -0.25) is 20.2 Å². The molecule has 11 heteroatoms. The fourth-order valence-corrected chi connectivity index (χ4v) is 4.73. The minimum absolute atomic E-state index is 0.157. The van der Waals surface area contributed by atoms with Gasteiger partial charge in [0.05, 0.1) is 16.2 Å². The van der Waals surface area contributed by atoms with Crippen LogP contribution in [-0.2, 0) is 4.74 Å². The number of thiazole rings is 1. The van der Waals surface area contributed by atoms with Gasteiger partial charge in [0.1, 0.15) is 15.3 Å². The SMILES string of the molecule is CCOC(=O)c1sc2nc(NC(=O)c3cc(Cl)ccc3[N+](=O)[O-])sc2c1C. The number of hydrogen-bond donors (Lipinski definition) is 1. The first kappa shape index (κ1) is 19.2. The molecule has 0 aliphatic rings. The van der Waals surface area contributed by atoms with E-state index in [1.165, 1.54) is 40.9 Å². The fraction of sp³-hybridized carbons (Fsp3) is 0.188. The quantitative estimate of drug-likeness (QED) is 0.361. The summed E-state index contributed by atoms with van der Waals surface area (Å²) < 4.78 is 5.76. The van der Waals surface area contributed by atoms with Crippen molar-refractivity contribution in [1.29, 1.82) is 0 Å². The summed E-state index contributed by atoms with van der Waals surface area (Å²) in [6, 6.07) is 3.75. The summed E-state index contributed by atoms with van der Waals surface area (Å²) in [7, 11) is 0. The maximum Gasteiger partial charge on any atom is 0.348 e. The molecule has 3 aromatic rings. The van der Waals surface area contributed by atoms with E-state index in [9.17, 15) is 19.7 Å². The number of nitro groups is 1. The lowest BCUT2D eigenvalue weighted by Crippen LogP contribution is -2.13. The van der Waals surface area contributed by atoms with E-state index in [-0.39, 0.29) is 28.0 Å². The van der Waals surface area contributed by atoms with Crippen LogP contribution < -0.4 is 5.32 Å². The first-order valence-electron chi connectivity index (χ1n) is 7.64. The number of amides is 1. The van der Waals surface area contributed by atoms with Gasteiger partial charge in [-0.05, 0) is 31.5 Å². The minimum atomic E-state index is -0.686. The molecule has 2 heterocycles. The first-order chi connectivity index (χ1) is 12.8. The molecule has 0 fully saturated rings. The Morgan fingerprint density at radius 1 is 1.37 bits per heavy atom. The molecule has 27 heavy (non-hydrogen) atoms. The largest absolute Gasteiger partial charge is 0.462 e. The molecule has 140 valence electrons. The number of aryl methyl sites for hydroxylation is 1. The summed E-state index contributed by atoms with van der Waals surface area (Å²) in [6.07, 6.45) is 0. The van der Waals surface area contributed by atoms with Gasteiger partial charge in [0, 0.05) is 11.1 Å². The Bertz CT molecular complexity index is 1080. The molecule has 0 spiro atoms. The number of esters is 1. The van der Waals surface area contributed by atoms with Gasteiger partial charge in [-0.25, -0.2) is 9.78 Å². The highest BCUT2D eigenvalue weighted by molar-refractivity contribution is 7.30. The standard InChI is InChI=1S/C16H12ClN3O5S2/c1-3-25-15(22)12-7(2)11-14(26-12)19-16(27-11)18-13(21)9-6-8(17)4-5-10(9)20(23)24/h4-6H,3H2,1-2H3,(H,18,19,21). The second kappa shape index (κ2) is 7.59. The summed E-state index contributed by atoms with van der Waals surface area (Å²) in [6.45, 7) is 3.78. The molecule has 1 N–H and O–H groups in total. The lowest BCUT2D eigenvalue weighted by molar-refractivity contribution is -0.385. The predicted molar refractivity (Wildman–Crippen MR) is 104 cm³/mol. The number of ether oxygens (including phenoxy) is 1. The van der Waals surface area contributed by atoms with Gasteiger partial charge in [-0.2, -0.15) is 0 Å². The van der Waals surface area contributed by atoms with Crippen molar-refractivity contribution in [3.8, 4) is 0 Å². The highest BCUT2D eigenvalue weighted by Gasteiger charge is 2.23. The highest BCUT2D eigenvalue weighted by Crippen LogP contribution is 2.37. The molecule has 0 saturated heterocycles. The van der Waals surface area contributed by atoms with Crippen LogP contribution in [0.2, 0.25) is 5.02 Å². The molecular weight excluding hydrogens is 414 g/mol. The number of anilines is 1. The van der Waals surface area contributed by atoms with Crippen LogP contribution in [0.25, 0.3) is 9.53 Å². The smallest absolute Gasteiger partial charge is 0.348 e. The monoisotopic (exact) mass is 425 g/mol. The lowest BCUT2D eigenvalue weighted by atomic mass is 10.1. The van der Waals surface area contributed by atoms with Crippen molar-refractivity contribution in [2.45, 2.75) is 13.8 Å². The number of carbonyl (C=O) groups is 2. The summed E-state index contributed by atoms with van der Waals surface area (Å²) in [5, 5.41) is 14.2. The van der Waals surface area contributed by atoms with Crippen LogP contribution in [0.1, 0.15) is 32.5 Å². The number of nitrogens with zero attached hydrogens (tertiary/aromatic N) is 2. The summed E-state index contributed by atoms with van der Waals surface area (Å²) in [5.41, 5.74) is 0.214. The zero-order valence-electron chi connectivity index (χ0n) is 14.1. The Balaban J connectivity index is 1.89. The van der Waals surface area contributed by atoms with Gasteiger partial charge in [-0.1, -0.05) is 22.9 Å². The lowest BCUT2D eigenvalue weighted by Gasteiger charge is -2.03.